The summed E-state index contributed by atoms with van der Waals surface area (Å²) in [6, 6.07) is 7.02. The molecule has 0 N–H and O–H groups in total. The van der Waals surface area contributed by atoms with E-state index in [1.807, 2.05) is 22.6 Å². The molecule has 0 atom stereocenters. The van der Waals surface area contributed by atoms with E-state index in [1.54, 1.807) is 6.07 Å². The van der Waals surface area contributed by atoms with Gasteiger partial charge in [-0.3, -0.25) is 20.2 Å². The number of nitro benzene ring substituents is 2. The first-order valence-electron chi connectivity index (χ1n) is 5.42. The zero-order chi connectivity index (χ0) is 14.4. The first-order valence-corrected chi connectivity index (χ1v) is 6.50. The Kier molecular flexibility index (Phi) is 2.82. The van der Waals surface area contributed by atoms with Gasteiger partial charge in [-0.05, 0) is 28.7 Å². The highest BCUT2D eigenvalue weighted by Crippen LogP contribution is 2.36. The number of halogens is 1. The smallest absolute Gasteiger partial charge is 0.273 e. The third-order valence-corrected chi connectivity index (χ3v) is 3.72. The Morgan fingerprint density at radius 2 is 1.65 bits per heavy atom. The van der Waals surface area contributed by atoms with E-state index in [0.717, 1.165) is 0 Å². The van der Waals surface area contributed by atoms with Crippen LogP contribution >= 0.6 is 22.6 Å². The molecule has 1 heterocycles. The second-order valence-corrected chi connectivity index (χ2v) is 5.26. The first kappa shape index (κ1) is 12.8. The summed E-state index contributed by atoms with van der Waals surface area (Å²) in [5.41, 5.74) is 0.711. The van der Waals surface area contributed by atoms with Crippen molar-refractivity contribution in [3.63, 3.8) is 0 Å². The largest absolute Gasteiger partial charge is 0.455 e. The van der Waals surface area contributed by atoms with Crippen LogP contribution in [0.4, 0.5) is 11.4 Å². The van der Waals surface area contributed by atoms with E-state index in [1.165, 1.54) is 24.3 Å². The van der Waals surface area contributed by atoms with Crippen LogP contribution in [0.3, 0.4) is 0 Å². The van der Waals surface area contributed by atoms with Crippen LogP contribution in [0.25, 0.3) is 21.9 Å². The van der Waals surface area contributed by atoms with Crippen LogP contribution in [-0.2, 0) is 0 Å². The van der Waals surface area contributed by atoms with Crippen LogP contribution in [0.15, 0.2) is 34.7 Å². The molecule has 0 saturated carbocycles. The molecule has 8 heteroatoms. The maximum absolute atomic E-state index is 10.9. The Morgan fingerprint density at radius 3 is 2.30 bits per heavy atom. The van der Waals surface area contributed by atoms with Crippen LogP contribution in [0, 0.1) is 23.8 Å². The molecule has 0 amide bonds. The van der Waals surface area contributed by atoms with Crippen molar-refractivity contribution in [2.75, 3.05) is 0 Å². The van der Waals surface area contributed by atoms with Gasteiger partial charge in [-0.25, -0.2) is 0 Å². The number of rotatable bonds is 2. The average molecular weight is 384 g/mol. The van der Waals surface area contributed by atoms with Crippen molar-refractivity contribution in [2.45, 2.75) is 0 Å². The third-order valence-electron chi connectivity index (χ3n) is 2.92. The topological polar surface area (TPSA) is 99.4 Å². The molecule has 3 aromatic rings. The minimum atomic E-state index is -0.514. The van der Waals surface area contributed by atoms with Gasteiger partial charge in [0.2, 0.25) is 0 Å². The molecule has 0 spiro atoms. The summed E-state index contributed by atoms with van der Waals surface area (Å²) in [7, 11) is 0. The summed E-state index contributed by atoms with van der Waals surface area (Å²) in [6.45, 7) is 0. The summed E-state index contributed by atoms with van der Waals surface area (Å²) < 4.78 is 6.16. The molecule has 100 valence electrons. The van der Waals surface area contributed by atoms with E-state index in [4.69, 9.17) is 4.42 Å². The number of hydrogen-bond donors (Lipinski definition) is 0. The first-order chi connectivity index (χ1) is 9.47. The lowest BCUT2D eigenvalue weighted by Crippen LogP contribution is -1.88. The SMILES string of the molecule is O=[N+]([O-])c1ccc2c(c1)oc1c(I)cc([N+](=O)[O-])cc12. The summed E-state index contributed by atoms with van der Waals surface area (Å²) in [4.78, 5) is 20.6. The van der Waals surface area contributed by atoms with E-state index in [-0.39, 0.29) is 11.4 Å². The number of benzene rings is 2. The van der Waals surface area contributed by atoms with Crippen LogP contribution in [0.2, 0.25) is 0 Å². The standard InChI is InChI=1S/C12H5IN2O5/c13-10-4-7(15(18)19)3-9-8-2-1-6(14(16)17)5-11(8)20-12(9)10/h1-5H. The lowest BCUT2D eigenvalue weighted by Gasteiger charge is -1.94. The van der Waals surface area contributed by atoms with Crippen molar-refractivity contribution < 1.29 is 14.3 Å². The van der Waals surface area contributed by atoms with E-state index in [0.29, 0.717) is 25.5 Å². The van der Waals surface area contributed by atoms with Gasteiger partial charge in [0.1, 0.15) is 11.2 Å². The van der Waals surface area contributed by atoms with Crippen molar-refractivity contribution >= 4 is 55.9 Å². The quantitative estimate of drug-likeness (QED) is 0.378. The van der Waals surface area contributed by atoms with Gasteiger partial charge in [0.05, 0.1) is 19.5 Å². The molecule has 0 bridgehead atoms. The molecule has 0 saturated heterocycles. The predicted octanol–water partition coefficient (Wildman–Crippen LogP) is 4.01. The highest BCUT2D eigenvalue weighted by atomic mass is 127. The Bertz CT molecular complexity index is 886. The summed E-state index contributed by atoms with van der Waals surface area (Å²) in [6.07, 6.45) is 0. The summed E-state index contributed by atoms with van der Waals surface area (Å²) in [5.74, 6) is 0. The van der Waals surface area contributed by atoms with Gasteiger partial charge >= 0.3 is 0 Å². The van der Waals surface area contributed by atoms with Crippen molar-refractivity contribution in [1.29, 1.82) is 0 Å². The third kappa shape index (κ3) is 1.88. The second kappa shape index (κ2) is 4.40. The van der Waals surface area contributed by atoms with Crippen molar-refractivity contribution in [3.05, 3.63) is 54.1 Å². The zero-order valence-corrected chi connectivity index (χ0v) is 11.9. The number of furan rings is 1. The lowest BCUT2D eigenvalue weighted by molar-refractivity contribution is -0.384. The van der Waals surface area contributed by atoms with Gasteiger partial charge in [-0.15, -0.1) is 0 Å². The molecule has 0 aliphatic heterocycles. The maximum Gasteiger partial charge on any atom is 0.273 e. The Balaban J connectivity index is 2.39. The molecule has 7 nitrogen and oxygen atoms in total. The number of hydrogen-bond acceptors (Lipinski definition) is 5. The molecule has 0 radical (unpaired) electrons. The van der Waals surface area contributed by atoms with Crippen LogP contribution in [0.5, 0.6) is 0 Å². The number of non-ortho nitro benzene ring substituents is 2. The normalized spacial score (nSPS) is 11.1. The van der Waals surface area contributed by atoms with Gasteiger partial charge in [-0.2, -0.15) is 0 Å². The zero-order valence-electron chi connectivity index (χ0n) is 9.70. The minimum Gasteiger partial charge on any atom is -0.455 e. The Labute approximate surface area is 124 Å². The van der Waals surface area contributed by atoms with Crippen LogP contribution in [0.1, 0.15) is 0 Å². The van der Waals surface area contributed by atoms with Gasteiger partial charge in [0.15, 0.2) is 0 Å². The van der Waals surface area contributed by atoms with E-state index >= 15 is 0 Å². The van der Waals surface area contributed by atoms with E-state index in [9.17, 15) is 20.2 Å². The fourth-order valence-electron chi connectivity index (χ4n) is 2.03. The number of fused-ring (bicyclic) bond motifs is 3. The molecule has 1 aromatic heterocycles. The van der Waals surface area contributed by atoms with Crippen molar-refractivity contribution in [3.8, 4) is 0 Å². The molecule has 2 aromatic carbocycles. The van der Waals surface area contributed by atoms with Crippen molar-refractivity contribution in [1.82, 2.24) is 0 Å². The van der Waals surface area contributed by atoms with Gasteiger partial charge in [0.25, 0.3) is 11.4 Å². The number of nitro groups is 2. The molecular formula is C12H5IN2O5. The van der Waals surface area contributed by atoms with Crippen molar-refractivity contribution in [2.24, 2.45) is 0 Å². The second-order valence-electron chi connectivity index (χ2n) is 4.10. The van der Waals surface area contributed by atoms with E-state index < -0.39 is 9.85 Å². The molecule has 0 fully saturated rings. The van der Waals surface area contributed by atoms with Crippen LogP contribution < -0.4 is 0 Å². The minimum absolute atomic E-state index is 0.0389. The van der Waals surface area contributed by atoms with Gasteiger partial charge in [0, 0.05) is 29.0 Å². The fourth-order valence-corrected chi connectivity index (χ4v) is 2.75. The Hall–Kier alpha value is -2.23. The molecule has 3 rings (SSSR count). The highest BCUT2D eigenvalue weighted by molar-refractivity contribution is 14.1. The fraction of sp³-hybridized carbons (Fsp3) is 0. The monoisotopic (exact) mass is 384 g/mol. The highest BCUT2D eigenvalue weighted by Gasteiger charge is 2.18. The number of nitrogens with zero attached hydrogens (tertiary/aromatic N) is 2. The molecule has 0 aliphatic carbocycles. The average Bonchev–Trinajstić information content (AvgIpc) is 2.77. The van der Waals surface area contributed by atoms with E-state index in [2.05, 4.69) is 0 Å². The molecular weight excluding hydrogens is 379 g/mol. The molecule has 0 unspecified atom stereocenters. The predicted molar refractivity (Wildman–Crippen MR) is 79.7 cm³/mol. The van der Waals surface area contributed by atoms with Gasteiger partial charge < -0.3 is 4.42 Å². The summed E-state index contributed by atoms with van der Waals surface area (Å²) >= 11 is 1.94. The molecule has 20 heavy (non-hydrogen) atoms. The lowest BCUT2D eigenvalue weighted by atomic mass is 10.1. The molecule has 0 aliphatic rings. The Morgan fingerprint density at radius 1 is 0.950 bits per heavy atom. The van der Waals surface area contributed by atoms with Gasteiger partial charge in [-0.1, -0.05) is 0 Å². The maximum atomic E-state index is 10.9. The van der Waals surface area contributed by atoms with Crippen LogP contribution in [-0.4, -0.2) is 9.85 Å². The summed E-state index contributed by atoms with van der Waals surface area (Å²) in [5, 5.41) is 22.8.